The minimum Gasteiger partial charge on any atom is -0.369 e. The summed E-state index contributed by atoms with van der Waals surface area (Å²) in [6, 6.07) is 0. The third-order valence-corrected chi connectivity index (χ3v) is 4.05. The van der Waals surface area contributed by atoms with Gasteiger partial charge in [-0.2, -0.15) is 5.10 Å². The molecule has 0 bridgehead atoms. The van der Waals surface area contributed by atoms with Crippen LogP contribution >= 0.6 is 0 Å². The van der Waals surface area contributed by atoms with E-state index in [-0.39, 0.29) is 5.41 Å². The van der Waals surface area contributed by atoms with Crippen LogP contribution in [-0.2, 0) is 13.6 Å². The fourth-order valence-electron chi connectivity index (χ4n) is 2.10. The van der Waals surface area contributed by atoms with Crippen LogP contribution in [0.25, 0.3) is 11.2 Å². The molecule has 0 radical (unpaired) electrons. The molecule has 5 heteroatoms. The molecule has 0 amide bonds. The Labute approximate surface area is 108 Å². The minimum absolute atomic E-state index is 0.167. The topological polar surface area (TPSA) is 61.7 Å². The molecule has 100 valence electrons. The van der Waals surface area contributed by atoms with Crippen LogP contribution in [0, 0.1) is 18.3 Å². The van der Waals surface area contributed by atoms with Crippen molar-refractivity contribution >= 4 is 17.1 Å². The van der Waals surface area contributed by atoms with E-state index in [4.69, 9.17) is 5.73 Å². The first-order chi connectivity index (χ1) is 8.24. The molecule has 0 aliphatic heterocycles. The molecule has 2 aromatic rings. The van der Waals surface area contributed by atoms with Gasteiger partial charge >= 0.3 is 0 Å². The van der Waals surface area contributed by atoms with Crippen LogP contribution in [0.4, 0.5) is 5.95 Å². The molecular weight excluding hydrogens is 226 g/mol. The largest absolute Gasteiger partial charge is 0.369 e. The molecule has 0 spiro atoms. The van der Waals surface area contributed by atoms with Crippen LogP contribution in [0.5, 0.6) is 0 Å². The molecule has 0 fully saturated rings. The minimum atomic E-state index is 0.167. The quantitative estimate of drug-likeness (QED) is 0.908. The van der Waals surface area contributed by atoms with Gasteiger partial charge in [0.2, 0.25) is 5.95 Å². The number of anilines is 1. The molecule has 18 heavy (non-hydrogen) atoms. The number of aryl methyl sites for hydroxylation is 2. The Bertz CT molecular complexity index is 574. The molecule has 2 heterocycles. The highest BCUT2D eigenvalue weighted by Gasteiger charge is 2.26. The Morgan fingerprint density at radius 2 is 1.94 bits per heavy atom. The Kier molecular flexibility index (Phi) is 2.87. The lowest BCUT2D eigenvalue weighted by Gasteiger charge is -2.30. The summed E-state index contributed by atoms with van der Waals surface area (Å²) in [5.74, 6) is 1.15. The standard InChI is InChI=1S/C13H23N5/c1-8(2)13(4,5)7-18-11-10(15-12(18)14)9(3)16-17(11)6/h8H,7H2,1-6H3,(H2,14,15). The van der Waals surface area contributed by atoms with Gasteiger partial charge in [0.15, 0.2) is 5.65 Å². The lowest BCUT2D eigenvalue weighted by atomic mass is 9.81. The number of nitrogens with zero attached hydrogens (tertiary/aromatic N) is 4. The van der Waals surface area contributed by atoms with Crippen molar-refractivity contribution in [1.82, 2.24) is 19.3 Å². The van der Waals surface area contributed by atoms with Crippen molar-refractivity contribution in [3.63, 3.8) is 0 Å². The van der Waals surface area contributed by atoms with E-state index in [2.05, 4.69) is 42.3 Å². The third kappa shape index (κ3) is 1.87. The Hall–Kier alpha value is -1.52. The zero-order chi connectivity index (χ0) is 13.7. The van der Waals surface area contributed by atoms with Gasteiger partial charge in [0, 0.05) is 13.6 Å². The third-order valence-electron chi connectivity index (χ3n) is 4.05. The van der Waals surface area contributed by atoms with Crippen molar-refractivity contribution in [3.8, 4) is 0 Å². The Morgan fingerprint density at radius 1 is 1.33 bits per heavy atom. The molecule has 2 rings (SSSR count). The molecule has 0 saturated heterocycles. The van der Waals surface area contributed by atoms with Crippen molar-refractivity contribution in [2.45, 2.75) is 41.2 Å². The summed E-state index contributed by atoms with van der Waals surface area (Å²) in [6.07, 6.45) is 0. The van der Waals surface area contributed by atoms with Gasteiger partial charge in [-0.05, 0) is 18.3 Å². The van der Waals surface area contributed by atoms with Crippen molar-refractivity contribution < 1.29 is 0 Å². The van der Waals surface area contributed by atoms with E-state index in [0.717, 1.165) is 23.4 Å². The maximum absolute atomic E-state index is 6.05. The van der Waals surface area contributed by atoms with Crippen molar-refractivity contribution in [3.05, 3.63) is 5.69 Å². The number of hydrogen-bond donors (Lipinski definition) is 1. The maximum atomic E-state index is 6.05. The number of hydrogen-bond acceptors (Lipinski definition) is 3. The number of fused-ring (bicyclic) bond motifs is 1. The van der Waals surface area contributed by atoms with Crippen molar-refractivity contribution in [2.75, 3.05) is 5.73 Å². The second kappa shape index (κ2) is 4.00. The zero-order valence-corrected chi connectivity index (χ0v) is 12.2. The summed E-state index contributed by atoms with van der Waals surface area (Å²) in [4.78, 5) is 4.43. The van der Waals surface area contributed by atoms with E-state index in [1.807, 2.05) is 18.7 Å². The van der Waals surface area contributed by atoms with Gasteiger partial charge in [-0.1, -0.05) is 27.7 Å². The highest BCUT2D eigenvalue weighted by atomic mass is 15.3. The monoisotopic (exact) mass is 249 g/mol. The first-order valence-corrected chi connectivity index (χ1v) is 6.39. The summed E-state index contributed by atoms with van der Waals surface area (Å²) in [5.41, 5.74) is 9.08. The second-order valence-corrected chi connectivity index (χ2v) is 6.08. The molecule has 0 unspecified atom stereocenters. The SMILES string of the molecule is Cc1nn(C)c2c1nc(N)n2CC(C)(C)C(C)C. The lowest BCUT2D eigenvalue weighted by Crippen LogP contribution is -2.26. The van der Waals surface area contributed by atoms with Crippen LogP contribution in [0.15, 0.2) is 0 Å². The fraction of sp³-hybridized carbons (Fsp3) is 0.692. The van der Waals surface area contributed by atoms with Crippen molar-refractivity contribution in [2.24, 2.45) is 18.4 Å². The predicted octanol–water partition coefficient (Wildman–Crippen LogP) is 2.34. The summed E-state index contributed by atoms with van der Waals surface area (Å²) >= 11 is 0. The first-order valence-electron chi connectivity index (χ1n) is 6.39. The average molecular weight is 249 g/mol. The second-order valence-electron chi connectivity index (χ2n) is 6.08. The van der Waals surface area contributed by atoms with Crippen LogP contribution < -0.4 is 5.73 Å². The highest BCUT2D eigenvalue weighted by molar-refractivity contribution is 5.77. The van der Waals surface area contributed by atoms with Gasteiger partial charge in [0.1, 0.15) is 5.52 Å². The summed E-state index contributed by atoms with van der Waals surface area (Å²) in [7, 11) is 1.94. The highest BCUT2D eigenvalue weighted by Crippen LogP contribution is 2.31. The van der Waals surface area contributed by atoms with Gasteiger partial charge in [0.25, 0.3) is 0 Å². The molecule has 2 N–H and O–H groups in total. The summed E-state index contributed by atoms with van der Waals surface area (Å²) < 4.78 is 3.94. The molecule has 0 aliphatic carbocycles. The lowest BCUT2D eigenvalue weighted by molar-refractivity contribution is 0.213. The van der Waals surface area contributed by atoms with Gasteiger partial charge < -0.3 is 5.73 Å². The normalized spacial score (nSPS) is 12.8. The average Bonchev–Trinajstić information content (AvgIpc) is 2.68. The van der Waals surface area contributed by atoms with E-state index in [0.29, 0.717) is 11.9 Å². The molecule has 2 aromatic heterocycles. The van der Waals surface area contributed by atoms with Crippen LogP contribution in [-0.4, -0.2) is 19.3 Å². The molecular formula is C13H23N5. The first kappa shape index (κ1) is 12.9. The van der Waals surface area contributed by atoms with E-state index in [9.17, 15) is 0 Å². The number of imidazole rings is 1. The van der Waals surface area contributed by atoms with E-state index in [1.165, 1.54) is 0 Å². The smallest absolute Gasteiger partial charge is 0.202 e. The number of rotatable bonds is 3. The summed E-state index contributed by atoms with van der Waals surface area (Å²) in [6.45, 7) is 11.8. The van der Waals surface area contributed by atoms with E-state index >= 15 is 0 Å². The molecule has 0 aliphatic rings. The van der Waals surface area contributed by atoms with E-state index < -0.39 is 0 Å². The zero-order valence-electron chi connectivity index (χ0n) is 12.2. The van der Waals surface area contributed by atoms with Crippen LogP contribution in [0.2, 0.25) is 0 Å². The van der Waals surface area contributed by atoms with Gasteiger partial charge in [-0.15, -0.1) is 0 Å². The van der Waals surface area contributed by atoms with E-state index in [1.54, 1.807) is 0 Å². The Morgan fingerprint density at radius 3 is 2.50 bits per heavy atom. The Balaban J connectivity index is 2.54. The van der Waals surface area contributed by atoms with Gasteiger partial charge in [-0.3, -0.25) is 9.25 Å². The van der Waals surface area contributed by atoms with Crippen LogP contribution in [0.1, 0.15) is 33.4 Å². The van der Waals surface area contributed by atoms with Crippen LogP contribution in [0.3, 0.4) is 0 Å². The van der Waals surface area contributed by atoms with Crippen molar-refractivity contribution in [1.29, 1.82) is 0 Å². The molecule has 5 nitrogen and oxygen atoms in total. The number of nitrogens with two attached hydrogens (primary N) is 1. The number of aromatic nitrogens is 4. The summed E-state index contributed by atoms with van der Waals surface area (Å²) in [5, 5.41) is 4.40. The number of nitrogen functional groups attached to an aromatic ring is 1. The van der Waals surface area contributed by atoms with Gasteiger partial charge in [0.05, 0.1) is 5.69 Å². The predicted molar refractivity (Wildman–Crippen MR) is 74.3 cm³/mol. The molecule has 0 aromatic carbocycles. The molecule has 0 atom stereocenters. The molecule has 0 saturated carbocycles. The maximum Gasteiger partial charge on any atom is 0.202 e. The van der Waals surface area contributed by atoms with Gasteiger partial charge in [-0.25, -0.2) is 4.98 Å². The fourth-order valence-corrected chi connectivity index (χ4v) is 2.10.